The first kappa shape index (κ1) is 14.4. The van der Waals surface area contributed by atoms with E-state index in [4.69, 9.17) is 0 Å². The van der Waals surface area contributed by atoms with Gasteiger partial charge in [-0.05, 0) is 37.3 Å². The standard InChI is InChI=1S/C17H28N2/c1-13(2)19-11-10-14(12-19)18-16-9-7-6-8-15(16)17(3,4)5/h6-9,13-14,18H,10-12H2,1-5H3. The van der Waals surface area contributed by atoms with E-state index in [1.807, 2.05) is 0 Å². The number of likely N-dealkylation sites (tertiary alicyclic amines) is 1. The first-order valence-electron chi connectivity index (χ1n) is 7.48. The predicted molar refractivity (Wildman–Crippen MR) is 83.9 cm³/mol. The van der Waals surface area contributed by atoms with Gasteiger partial charge in [0.15, 0.2) is 0 Å². The molecule has 0 aliphatic carbocycles. The Morgan fingerprint density at radius 3 is 2.47 bits per heavy atom. The van der Waals surface area contributed by atoms with Gasteiger partial charge in [-0.3, -0.25) is 4.90 Å². The number of rotatable bonds is 3. The van der Waals surface area contributed by atoms with E-state index in [2.05, 4.69) is 69.1 Å². The van der Waals surface area contributed by atoms with Gasteiger partial charge in [-0.15, -0.1) is 0 Å². The van der Waals surface area contributed by atoms with Gasteiger partial charge in [-0.2, -0.15) is 0 Å². The zero-order chi connectivity index (χ0) is 14.0. The normalized spacial score (nSPS) is 21.1. The Kier molecular flexibility index (Phi) is 4.19. The quantitative estimate of drug-likeness (QED) is 0.887. The zero-order valence-electron chi connectivity index (χ0n) is 13.0. The van der Waals surface area contributed by atoms with E-state index in [0.717, 1.165) is 6.54 Å². The molecule has 106 valence electrons. The summed E-state index contributed by atoms with van der Waals surface area (Å²) in [5, 5.41) is 3.76. The Balaban J connectivity index is 2.08. The van der Waals surface area contributed by atoms with Crippen LogP contribution in [0.4, 0.5) is 5.69 Å². The number of hydrogen-bond acceptors (Lipinski definition) is 2. The fraction of sp³-hybridized carbons (Fsp3) is 0.647. The van der Waals surface area contributed by atoms with Crippen molar-refractivity contribution in [2.45, 2.75) is 58.5 Å². The van der Waals surface area contributed by atoms with Gasteiger partial charge in [-0.1, -0.05) is 39.0 Å². The third-order valence-electron chi connectivity index (χ3n) is 4.04. The molecule has 1 fully saturated rings. The molecule has 1 aliphatic heterocycles. The topological polar surface area (TPSA) is 15.3 Å². The van der Waals surface area contributed by atoms with E-state index < -0.39 is 0 Å². The highest BCUT2D eigenvalue weighted by Gasteiger charge is 2.25. The number of nitrogens with one attached hydrogen (secondary N) is 1. The third kappa shape index (κ3) is 3.50. The summed E-state index contributed by atoms with van der Waals surface area (Å²) in [6, 6.07) is 9.99. The smallest absolute Gasteiger partial charge is 0.0400 e. The van der Waals surface area contributed by atoms with Crippen molar-refractivity contribution in [2.75, 3.05) is 18.4 Å². The van der Waals surface area contributed by atoms with E-state index >= 15 is 0 Å². The first-order valence-corrected chi connectivity index (χ1v) is 7.48. The monoisotopic (exact) mass is 260 g/mol. The van der Waals surface area contributed by atoms with Crippen molar-refractivity contribution in [1.82, 2.24) is 4.90 Å². The first-order chi connectivity index (χ1) is 8.88. The largest absolute Gasteiger partial charge is 0.381 e. The lowest BCUT2D eigenvalue weighted by atomic mass is 9.85. The van der Waals surface area contributed by atoms with E-state index in [0.29, 0.717) is 12.1 Å². The van der Waals surface area contributed by atoms with E-state index in [1.54, 1.807) is 0 Å². The second-order valence-corrected chi connectivity index (χ2v) is 7.01. The van der Waals surface area contributed by atoms with Gasteiger partial charge in [0.1, 0.15) is 0 Å². The average Bonchev–Trinajstić information content (AvgIpc) is 2.77. The molecule has 0 amide bonds. The van der Waals surface area contributed by atoms with Crippen LogP contribution in [-0.4, -0.2) is 30.1 Å². The van der Waals surface area contributed by atoms with E-state index in [1.165, 1.54) is 24.2 Å². The van der Waals surface area contributed by atoms with Crippen molar-refractivity contribution >= 4 is 5.69 Å². The second-order valence-electron chi connectivity index (χ2n) is 7.01. The molecule has 2 heteroatoms. The molecule has 2 nitrogen and oxygen atoms in total. The van der Waals surface area contributed by atoms with Gasteiger partial charge < -0.3 is 5.32 Å². The Morgan fingerprint density at radius 2 is 1.89 bits per heavy atom. The van der Waals surface area contributed by atoms with Crippen molar-refractivity contribution in [3.8, 4) is 0 Å². The van der Waals surface area contributed by atoms with Crippen LogP contribution in [0.3, 0.4) is 0 Å². The molecule has 1 aliphatic rings. The van der Waals surface area contributed by atoms with Gasteiger partial charge in [0.2, 0.25) is 0 Å². The van der Waals surface area contributed by atoms with Crippen LogP contribution in [-0.2, 0) is 5.41 Å². The maximum Gasteiger partial charge on any atom is 0.0400 e. The second kappa shape index (κ2) is 5.54. The molecule has 1 atom stereocenters. The van der Waals surface area contributed by atoms with Crippen LogP contribution in [0.15, 0.2) is 24.3 Å². The van der Waals surface area contributed by atoms with Crippen LogP contribution < -0.4 is 5.32 Å². The fourth-order valence-electron chi connectivity index (χ4n) is 2.86. The molecular formula is C17H28N2. The van der Waals surface area contributed by atoms with Crippen molar-refractivity contribution in [3.05, 3.63) is 29.8 Å². The van der Waals surface area contributed by atoms with Crippen LogP contribution in [0, 0.1) is 0 Å². The van der Waals surface area contributed by atoms with Gasteiger partial charge >= 0.3 is 0 Å². The van der Waals surface area contributed by atoms with Crippen LogP contribution in [0.2, 0.25) is 0 Å². The molecule has 0 saturated carbocycles. The Hall–Kier alpha value is -1.02. The molecule has 1 heterocycles. The molecule has 0 bridgehead atoms. The minimum absolute atomic E-state index is 0.194. The number of hydrogen-bond donors (Lipinski definition) is 1. The fourth-order valence-corrected chi connectivity index (χ4v) is 2.86. The van der Waals surface area contributed by atoms with Crippen molar-refractivity contribution in [2.24, 2.45) is 0 Å². The molecular weight excluding hydrogens is 232 g/mol. The number of para-hydroxylation sites is 1. The Labute approximate surface area is 118 Å². The minimum Gasteiger partial charge on any atom is -0.381 e. The summed E-state index contributed by atoms with van der Waals surface area (Å²) in [6.45, 7) is 13.8. The number of anilines is 1. The van der Waals surface area contributed by atoms with Crippen LogP contribution >= 0.6 is 0 Å². The van der Waals surface area contributed by atoms with Gasteiger partial charge in [0.05, 0.1) is 0 Å². The maximum atomic E-state index is 3.76. The molecule has 0 aromatic heterocycles. The lowest BCUT2D eigenvalue weighted by Crippen LogP contribution is -2.31. The molecule has 1 aromatic carbocycles. The van der Waals surface area contributed by atoms with Gasteiger partial charge in [-0.25, -0.2) is 0 Å². The summed E-state index contributed by atoms with van der Waals surface area (Å²) in [5.41, 5.74) is 2.92. The SMILES string of the molecule is CC(C)N1CCC(Nc2ccccc2C(C)(C)C)C1. The van der Waals surface area contributed by atoms with Crippen molar-refractivity contribution in [1.29, 1.82) is 0 Å². The summed E-state index contributed by atoms with van der Waals surface area (Å²) in [4.78, 5) is 2.55. The van der Waals surface area contributed by atoms with Crippen LogP contribution in [0.25, 0.3) is 0 Å². The molecule has 19 heavy (non-hydrogen) atoms. The van der Waals surface area contributed by atoms with Gasteiger partial charge in [0.25, 0.3) is 0 Å². The van der Waals surface area contributed by atoms with E-state index in [-0.39, 0.29) is 5.41 Å². The molecule has 1 aromatic rings. The van der Waals surface area contributed by atoms with Crippen molar-refractivity contribution in [3.63, 3.8) is 0 Å². The summed E-state index contributed by atoms with van der Waals surface area (Å²) < 4.78 is 0. The Bertz CT molecular complexity index is 418. The minimum atomic E-state index is 0.194. The molecule has 1 N–H and O–H groups in total. The zero-order valence-corrected chi connectivity index (χ0v) is 13.0. The summed E-state index contributed by atoms with van der Waals surface area (Å²) in [5.74, 6) is 0. The molecule has 2 rings (SSSR count). The summed E-state index contributed by atoms with van der Waals surface area (Å²) in [6.07, 6.45) is 1.25. The summed E-state index contributed by atoms with van der Waals surface area (Å²) in [7, 11) is 0. The third-order valence-corrected chi connectivity index (χ3v) is 4.04. The summed E-state index contributed by atoms with van der Waals surface area (Å²) >= 11 is 0. The highest BCUT2D eigenvalue weighted by Crippen LogP contribution is 2.30. The highest BCUT2D eigenvalue weighted by atomic mass is 15.2. The number of nitrogens with zero attached hydrogens (tertiary/aromatic N) is 1. The predicted octanol–water partition coefficient (Wildman–Crippen LogP) is 3.88. The average molecular weight is 260 g/mol. The van der Waals surface area contributed by atoms with Crippen molar-refractivity contribution < 1.29 is 0 Å². The molecule has 0 spiro atoms. The maximum absolute atomic E-state index is 3.76. The molecule has 0 radical (unpaired) electrons. The lowest BCUT2D eigenvalue weighted by molar-refractivity contribution is 0.274. The molecule has 1 unspecified atom stereocenters. The van der Waals surface area contributed by atoms with Gasteiger partial charge in [0, 0.05) is 30.9 Å². The Morgan fingerprint density at radius 1 is 1.21 bits per heavy atom. The van der Waals surface area contributed by atoms with Crippen LogP contribution in [0.1, 0.15) is 46.6 Å². The lowest BCUT2D eigenvalue weighted by Gasteiger charge is -2.26. The highest BCUT2D eigenvalue weighted by molar-refractivity contribution is 5.54. The van der Waals surface area contributed by atoms with Crippen LogP contribution in [0.5, 0.6) is 0 Å². The number of benzene rings is 1. The van der Waals surface area contributed by atoms with E-state index in [9.17, 15) is 0 Å². The molecule has 1 saturated heterocycles.